The molecule has 0 fully saturated rings. The molecule has 2 rings (SSSR count). The first kappa shape index (κ1) is 13.9. The quantitative estimate of drug-likeness (QED) is 0.787. The SMILES string of the molecule is O=C(NCC1C=CC=CC1)NC(=O)c1ccccc1O. The number of benzene rings is 1. The highest BCUT2D eigenvalue weighted by Crippen LogP contribution is 2.15. The molecule has 0 heterocycles. The number of hydrogen-bond donors (Lipinski definition) is 3. The highest BCUT2D eigenvalue weighted by Gasteiger charge is 2.14. The Morgan fingerprint density at radius 1 is 1.25 bits per heavy atom. The second-order valence-corrected chi connectivity index (χ2v) is 4.49. The van der Waals surface area contributed by atoms with Gasteiger partial charge in [-0.3, -0.25) is 10.1 Å². The Kier molecular flexibility index (Phi) is 4.55. The van der Waals surface area contributed by atoms with E-state index in [-0.39, 0.29) is 17.2 Å². The summed E-state index contributed by atoms with van der Waals surface area (Å²) in [6.45, 7) is 0.459. The molecule has 3 N–H and O–H groups in total. The van der Waals surface area contributed by atoms with Crippen molar-refractivity contribution in [3.63, 3.8) is 0 Å². The summed E-state index contributed by atoms with van der Waals surface area (Å²) in [6.07, 6.45) is 8.78. The summed E-state index contributed by atoms with van der Waals surface area (Å²) in [5, 5.41) is 14.3. The number of imide groups is 1. The third-order valence-corrected chi connectivity index (χ3v) is 2.97. The van der Waals surface area contributed by atoms with Gasteiger partial charge in [-0.25, -0.2) is 4.79 Å². The smallest absolute Gasteiger partial charge is 0.321 e. The zero-order valence-electron chi connectivity index (χ0n) is 10.9. The summed E-state index contributed by atoms with van der Waals surface area (Å²) in [6, 6.07) is 5.50. The van der Waals surface area contributed by atoms with Gasteiger partial charge in [-0.1, -0.05) is 36.4 Å². The molecule has 1 aliphatic carbocycles. The molecule has 0 saturated carbocycles. The lowest BCUT2D eigenvalue weighted by atomic mass is 10.0. The van der Waals surface area contributed by atoms with Crippen LogP contribution in [0, 0.1) is 5.92 Å². The fourth-order valence-electron chi connectivity index (χ4n) is 1.89. The predicted molar refractivity (Wildman–Crippen MR) is 75.4 cm³/mol. The number of amides is 3. The van der Waals surface area contributed by atoms with Gasteiger partial charge in [0.2, 0.25) is 0 Å². The monoisotopic (exact) mass is 272 g/mol. The Bertz CT molecular complexity index is 564. The lowest BCUT2D eigenvalue weighted by Gasteiger charge is -2.14. The number of para-hydroxylation sites is 1. The normalized spacial score (nSPS) is 16.7. The van der Waals surface area contributed by atoms with Gasteiger partial charge < -0.3 is 10.4 Å². The summed E-state index contributed by atoms with van der Waals surface area (Å²) in [4.78, 5) is 23.4. The highest BCUT2D eigenvalue weighted by molar-refractivity contribution is 6.05. The number of nitrogens with one attached hydrogen (secondary N) is 2. The van der Waals surface area contributed by atoms with Gasteiger partial charge in [0.1, 0.15) is 5.75 Å². The van der Waals surface area contributed by atoms with Crippen LogP contribution in [0.3, 0.4) is 0 Å². The number of rotatable bonds is 3. The van der Waals surface area contributed by atoms with Crippen LogP contribution in [0.1, 0.15) is 16.8 Å². The maximum absolute atomic E-state index is 11.8. The molecular formula is C15H16N2O3. The minimum Gasteiger partial charge on any atom is -0.507 e. The van der Waals surface area contributed by atoms with Gasteiger partial charge in [-0.15, -0.1) is 0 Å². The van der Waals surface area contributed by atoms with Gasteiger partial charge in [0.05, 0.1) is 5.56 Å². The van der Waals surface area contributed by atoms with Crippen molar-refractivity contribution < 1.29 is 14.7 Å². The van der Waals surface area contributed by atoms with Gasteiger partial charge >= 0.3 is 6.03 Å². The van der Waals surface area contributed by atoms with E-state index in [2.05, 4.69) is 10.6 Å². The first-order valence-corrected chi connectivity index (χ1v) is 6.37. The van der Waals surface area contributed by atoms with Gasteiger partial charge in [0.15, 0.2) is 0 Å². The van der Waals surface area contributed by atoms with Gasteiger partial charge in [0.25, 0.3) is 5.91 Å². The number of allylic oxidation sites excluding steroid dienone is 3. The first-order valence-electron chi connectivity index (χ1n) is 6.37. The molecule has 20 heavy (non-hydrogen) atoms. The summed E-state index contributed by atoms with van der Waals surface area (Å²) < 4.78 is 0. The zero-order chi connectivity index (χ0) is 14.4. The van der Waals surface area contributed by atoms with Crippen LogP contribution in [0.2, 0.25) is 0 Å². The van der Waals surface area contributed by atoms with E-state index < -0.39 is 11.9 Å². The van der Waals surface area contributed by atoms with Crippen molar-refractivity contribution in [3.05, 3.63) is 54.1 Å². The molecule has 0 bridgehead atoms. The Balaban J connectivity index is 1.82. The third-order valence-electron chi connectivity index (χ3n) is 2.97. The van der Waals surface area contributed by atoms with Crippen LogP contribution < -0.4 is 10.6 Å². The molecule has 0 aromatic heterocycles. The average molecular weight is 272 g/mol. The maximum atomic E-state index is 11.8. The van der Waals surface area contributed by atoms with E-state index in [1.54, 1.807) is 12.1 Å². The Hall–Kier alpha value is -2.56. The van der Waals surface area contributed by atoms with E-state index in [0.717, 1.165) is 6.42 Å². The fraction of sp³-hybridized carbons (Fsp3) is 0.200. The van der Waals surface area contributed by atoms with Crippen LogP contribution >= 0.6 is 0 Å². The van der Waals surface area contributed by atoms with E-state index in [9.17, 15) is 14.7 Å². The van der Waals surface area contributed by atoms with Crippen LogP contribution in [-0.4, -0.2) is 23.6 Å². The van der Waals surface area contributed by atoms with E-state index >= 15 is 0 Å². The molecule has 1 unspecified atom stereocenters. The molecular weight excluding hydrogens is 256 g/mol. The first-order chi connectivity index (χ1) is 9.66. The number of urea groups is 1. The van der Waals surface area contributed by atoms with Gasteiger partial charge in [-0.05, 0) is 24.5 Å². The fourth-order valence-corrected chi connectivity index (χ4v) is 1.89. The minimum atomic E-state index is -0.625. The Labute approximate surface area is 117 Å². The number of carbonyl (C=O) groups is 2. The average Bonchev–Trinajstić information content (AvgIpc) is 2.46. The van der Waals surface area contributed by atoms with Gasteiger partial charge in [-0.2, -0.15) is 0 Å². The summed E-state index contributed by atoms with van der Waals surface area (Å²) in [7, 11) is 0. The van der Waals surface area contributed by atoms with Crippen LogP contribution in [0.5, 0.6) is 5.75 Å². The van der Waals surface area contributed by atoms with Crippen molar-refractivity contribution in [2.24, 2.45) is 5.92 Å². The molecule has 1 atom stereocenters. The third kappa shape index (κ3) is 3.71. The summed E-state index contributed by atoms with van der Waals surface area (Å²) >= 11 is 0. The summed E-state index contributed by atoms with van der Waals surface area (Å²) in [5.74, 6) is -0.538. The van der Waals surface area contributed by atoms with Crippen molar-refractivity contribution in [2.75, 3.05) is 6.54 Å². The molecule has 1 aromatic rings. The van der Waals surface area contributed by atoms with E-state index in [1.165, 1.54) is 12.1 Å². The molecule has 104 valence electrons. The van der Waals surface area contributed by atoms with E-state index in [1.807, 2.05) is 24.3 Å². The molecule has 0 saturated heterocycles. The van der Waals surface area contributed by atoms with E-state index in [0.29, 0.717) is 6.54 Å². The van der Waals surface area contributed by atoms with Crippen molar-refractivity contribution in [3.8, 4) is 5.75 Å². The second kappa shape index (κ2) is 6.56. The van der Waals surface area contributed by atoms with Gasteiger partial charge in [0, 0.05) is 6.54 Å². The largest absolute Gasteiger partial charge is 0.507 e. The molecule has 0 spiro atoms. The topological polar surface area (TPSA) is 78.4 Å². The maximum Gasteiger partial charge on any atom is 0.321 e. The lowest BCUT2D eigenvalue weighted by Crippen LogP contribution is -2.41. The molecule has 5 heteroatoms. The van der Waals surface area contributed by atoms with Crippen molar-refractivity contribution in [1.82, 2.24) is 10.6 Å². The van der Waals surface area contributed by atoms with Crippen LogP contribution in [0.15, 0.2) is 48.6 Å². The van der Waals surface area contributed by atoms with Crippen LogP contribution in [-0.2, 0) is 0 Å². The van der Waals surface area contributed by atoms with Crippen molar-refractivity contribution in [1.29, 1.82) is 0 Å². The number of aromatic hydroxyl groups is 1. The molecule has 3 amide bonds. The zero-order valence-corrected chi connectivity index (χ0v) is 10.9. The number of phenolic OH excluding ortho intramolecular Hbond substituents is 1. The lowest BCUT2D eigenvalue weighted by molar-refractivity contribution is 0.0961. The molecule has 0 aliphatic heterocycles. The van der Waals surface area contributed by atoms with Crippen LogP contribution in [0.4, 0.5) is 4.79 Å². The standard InChI is InChI=1S/C15H16N2O3/c18-13-9-5-4-8-12(13)14(19)17-15(20)16-10-11-6-2-1-3-7-11/h1-6,8-9,11,18H,7,10H2,(H2,16,17,19,20). The molecule has 0 radical (unpaired) electrons. The number of carbonyl (C=O) groups excluding carboxylic acids is 2. The highest BCUT2D eigenvalue weighted by atomic mass is 16.3. The van der Waals surface area contributed by atoms with E-state index in [4.69, 9.17) is 0 Å². The number of phenols is 1. The Morgan fingerprint density at radius 2 is 2.05 bits per heavy atom. The van der Waals surface area contributed by atoms with Crippen molar-refractivity contribution >= 4 is 11.9 Å². The number of hydrogen-bond acceptors (Lipinski definition) is 3. The van der Waals surface area contributed by atoms with Crippen molar-refractivity contribution in [2.45, 2.75) is 6.42 Å². The molecule has 1 aliphatic rings. The Morgan fingerprint density at radius 3 is 2.75 bits per heavy atom. The molecule has 1 aromatic carbocycles. The summed E-state index contributed by atoms with van der Waals surface area (Å²) in [5.41, 5.74) is 0.0724. The van der Waals surface area contributed by atoms with Crippen LogP contribution in [0.25, 0.3) is 0 Å². The predicted octanol–water partition coefficient (Wildman–Crippen LogP) is 1.96. The minimum absolute atomic E-state index is 0.0724. The second-order valence-electron chi connectivity index (χ2n) is 4.49. The molecule has 5 nitrogen and oxygen atoms in total.